The molecule has 1 amide bonds. The Bertz CT molecular complexity index is 1090. The Labute approximate surface area is 186 Å². The van der Waals surface area contributed by atoms with Gasteiger partial charge in [0.2, 0.25) is 5.67 Å². The second-order valence-corrected chi connectivity index (χ2v) is 7.52. The standard InChI is InChI=1S/C18H7BrClF9N2O/c19-10-3-8(16(23,18(27,28)29)6-17(24,25)26)4-11(20)14(10)31-15(32)9-2-1-7(5-30)12(21)13(9)22/h1-4H,6H2,(H,31,32). The highest BCUT2D eigenvalue weighted by atomic mass is 79.9. The molecule has 1 unspecified atom stereocenters. The SMILES string of the molecule is N#Cc1ccc(C(=O)Nc2c(Cl)cc(C(F)(CC(F)(F)F)C(F)(F)F)cc2Br)c(F)c1F. The first-order valence-electron chi connectivity index (χ1n) is 8.03. The van der Waals surface area contributed by atoms with Crippen LogP contribution in [0.4, 0.5) is 45.2 Å². The van der Waals surface area contributed by atoms with Crippen molar-refractivity contribution in [1.82, 2.24) is 0 Å². The summed E-state index contributed by atoms with van der Waals surface area (Å²) in [4.78, 5) is 12.2. The van der Waals surface area contributed by atoms with Gasteiger partial charge in [-0.2, -0.15) is 31.6 Å². The molecule has 32 heavy (non-hydrogen) atoms. The van der Waals surface area contributed by atoms with E-state index in [1.165, 1.54) is 6.07 Å². The first-order valence-corrected chi connectivity index (χ1v) is 9.20. The summed E-state index contributed by atoms with van der Waals surface area (Å²) in [7, 11) is 0. The average molecular weight is 554 g/mol. The van der Waals surface area contributed by atoms with E-state index in [4.69, 9.17) is 16.9 Å². The molecule has 0 aromatic heterocycles. The number of anilines is 1. The van der Waals surface area contributed by atoms with Gasteiger partial charge in [-0.25, -0.2) is 13.2 Å². The molecule has 3 nitrogen and oxygen atoms in total. The molecule has 0 aliphatic rings. The maximum atomic E-state index is 14.6. The molecule has 1 atom stereocenters. The first-order chi connectivity index (χ1) is 14.5. The van der Waals surface area contributed by atoms with Crippen LogP contribution in [-0.2, 0) is 5.67 Å². The van der Waals surface area contributed by atoms with Gasteiger partial charge < -0.3 is 5.32 Å². The molecule has 0 saturated heterocycles. The molecule has 172 valence electrons. The number of rotatable bonds is 4. The van der Waals surface area contributed by atoms with E-state index in [0.717, 1.165) is 12.1 Å². The number of amides is 1. The molecule has 0 bridgehead atoms. The Morgan fingerprint density at radius 3 is 2.12 bits per heavy atom. The molecule has 0 aliphatic carbocycles. The number of nitrogens with one attached hydrogen (secondary N) is 1. The molecular weight excluding hydrogens is 547 g/mol. The maximum absolute atomic E-state index is 14.6. The molecule has 2 aromatic rings. The van der Waals surface area contributed by atoms with Crippen molar-refractivity contribution in [3.8, 4) is 6.07 Å². The van der Waals surface area contributed by atoms with Crippen LogP contribution in [0.3, 0.4) is 0 Å². The van der Waals surface area contributed by atoms with Crippen molar-refractivity contribution in [3.05, 3.63) is 62.1 Å². The summed E-state index contributed by atoms with van der Waals surface area (Å²) >= 11 is 8.41. The largest absolute Gasteiger partial charge is 0.427 e. The molecule has 0 fully saturated rings. The van der Waals surface area contributed by atoms with Crippen LogP contribution in [0.1, 0.15) is 27.9 Å². The predicted molar refractivity (Wildman–Crippen MR) is 97.7 cm³/mol. The van der Waals surface area contributed by atoms with Gasteiger partial charge in [-0.3, -0.25) is 4.79 Å². The monoisotopic (exact) mass is 552 g/mol. The summed E-state index contributed by atoms with van der Waals surface area (Å²) < 4.78 is 119. The molecule has 2 aromatic carbocycles. The Kier molecular flexibility index (Phi) is 7.11. The number of alkyl halides is 7. The number of halogens is 11. The van der Waals surface area contributed by atoms with Crippen LogP contribution in [0.25, 0.3) is 0 Å². The molecule has 0 radical (unpaired) electrons. The van der Waals surface area contributed by atoms with Gasteiger partial charge >= 0.3 is 12.4 Å². The van der Waals surface area contributed by atoms with Crippen molar-refractivity contribution in [3.63, 3.8) is 0 Å². The van der Waals surface area contributed by atoms with Crippen LogP contribution < -0.4 is 5.32 Å². The van der Waals surface area contributed by atoms with E-state index >= 15 is 0 Å². The fraction of sp³-hybridized carbons (Fsp3) is 0.222. The van der Waals surface area contributed by atoms with Crippen molar-refractivity contribution in [2.45, 2.75) is 24.4 Å². The maximum Gasteiger partial charge on any atom is 0.427 e. The summed E-state index contributed by atoms with van der Waals surface area (Å²) in [5.74, 6) is -4.71. The van der Waals surface area contributed by atoms with E-state index < -0.39 is 73.9 Å². The quantitative estimate of drug-likeness (QED) is 0.408. The smallest absolute Gasteiger partial charge is 0.320 e. The molecule has 1 N–H and O–H groups in total. The third-order valence-electron chi connectivity index (χ3n) is 4.08. The lowest BCUT2D eigenvalue weighted by Gasteiger charge is -2.30. The number of carbonyl (C=O) groups is 1. The number of benzene rings is 2. The van der Waals surface area contributed by atoms with Crippen molar-refractivity contribution >= 4 is 39.1 Å². The number of nitrogens with zero attached hydrogens (tertiary/aromatic N) is 1. The fourth-order valence-electron chi connectivity index (χ4n) is 2.56. The normalized spacial score (nSPS) is 13.9. The summed E-state index contributed by atoms with van der Waals surface area (Å²) in [5, 5.41) is 9.74. The van der Waals surface area contributed by atoms with Gasteiger partial charge in [0.25, 0.3) is 5.91 Å². The topological polar surface area (TPSA) is 52.9 Å². The number of carbonyl (C=O) groups excluding carboxylic acids is 1. The van der Waals surface area contributed by atoms with Crippen molar-refractivity contribution in [1.29, 1.82) is 5.26 Å². The van der Waals surface area contributed by atoms with Crippen LogP contribution in [0.15, 0.2) is 28.7 Å². The Balaban J connectivity index is 2.49. The van der Waals surface area contributed by atoms with Gasteiger partial charge in [-0.1, -0.05) is 11.6 Å². The van der Waals surface area contributed by atoms with Gasteiger partial charge in [0.15, 0.2) is 11.6 Å². The molecule has 0 heterocycles. The molecule has 2 rings (SSSR count). The first kappa shape index (κ1) is 25.8. The van der Waals surface area contributed by atoms with Crippen molar-refractivity contribution in [2.24, 2.45) is 0 Å². The van der Waals surface area contributed by atoms with E-state index in [1.807, 2.05) is 5.32 Å². The average Bonchev–Trinajstić information content (AvgIpc) is 2.64. The van der Waals surface area contributed by atoms with Gasteiger partial charge in [-0.15, -0.1) is 0 Å². The van der Waals surface area contributed by atoms with Crippen molar-refractivity contribution in [2.75, 3.05) is 5.32 Å². The molecule has 0 saturated carbocycles. The lowest BCUT2D eigenvalue weighted by atomic mass is 9.91. The van der Waals surface area contributed by atoms with E-state index in [0.29, 0.717) is 6.07 Å². The summed E-state index contributed by atoms with van der Waals surface area (Å²) in [5.41, 5.74) is -8.55. The second kappa shape index (κ2) is 8.82. The third-order valence-corrected chi connectivity index (χ3v) is 5.00. The molecule has 0 spiro atoms. The Hall–Kier alpha value is -2.46. The van der Waals surface area contributed by atoms with Gasteiger partial charge in [0, 0.05) is 10.0 Å². The lowest BCUT2D eigenvalue weighted by Crippen LogP contribution is -2.42. The molecule has 0 aliphatic heterocycles. The number of nitriles is 1. The van der Waals surface area contributed by atoms with E-state index in [-0.39, 0.29) is 6.07 Å². The highest BCUT2D eigenvalue weighted by Crippen LogP contribution is 2.51. The zero-order valence-corrected chi connectivity index (χ0v) is 17.4. The van der Waals surface area contributed by atoms with Crippen LogP contribution in [0.5, 0.6) is 0 Å². The van der Waals surface area contributed by atoms with E-state index in [1.54, 1.807) is 0 Å². The van der Waals surface area contributed by atoms with Crippen LogP contribution in [0.2, 0.25) is 5.02 Å². The highest BCUT2D eigenvalue weighted by molar-refractivity contribution is 9.10. The van der Waals surface area contributed by atoms with Crippen LogP contribution in [0, 0.1) is 23.0 Å². The summed E-state index contributed by atoms with van der Waals surface area (Å²) in [6, 6.07) is 3.39. The highest BCUT2D eigenvalue weighted by Gasteiger charge is 2.62. The van der Waals surface area contributed by atoms with Crippen molar-refractivity contribution < 1.29 is 44.3 Å². The van der Waals surface area contributed by atoms with Gasteiger partial charge in [0.1, 0.15) is 6.07 Å². The fourth-order valence-corrected chi connectivity index (χ4v) is 3.50. The zero-order valence-electron chi connectivity index (χ0n) is 15.0. The van der Waals surface area contributed by atoms with Crippen LogP contribution in [-0.4, -0.2) is 18.3 Å². The van der Waals surface area contributed by atoms with Gasteiger partial charge in [0.05, 0.1) is 28.3 Å². The van der Waals surface area contributed by atoms with Gasteiger partial charge in [-0.05, 0) is 40.2 Å². The zero-order chi connectivity index (χ0) is 24.6. The second-order valence-electron chi connectivity index (χ2n) is 6.26. The predicted octanol–water partition coefficient (Wildman–Crippen LogP) is 7.18. The third kappa shape index (κ3) is 5.12. The van der Waals surface area contributed by atoms with E-state index in [2.05, 4.69) is 15.9 Å². The Morgan fingerprint density at radius 2 is 1.66 bits per heavy atom. The van der Waals surface area contributed by atoms with Crippen LogP contribution >= 0.6 is 27.5 Å². The number of hydrogen-bond acceptors (Lipinski definition) is 2. The minimum atomic E-state index is -5.97. The van der Waals surface area contributed by atoms with E-state index in [9.17, 15) is 44.3 Å². The minimum Gasteiger partial charge on any atom is -0.320 e. The molecule has 14 heteroatoms. The lowest BCUT2D eigenvalue weighted by molar-refractivity contribution is -0.273. The number of hydrogen-bond donors (Lipinski definition) is 1. The molecular formula is C18H7BrClF9N2O. The Morgan fingerprint density at radius 1 is 1.06 bits per heavy atom. The summed E-state index contributed by atoms with van der Waals surface area (Å²) in [6.45, 7) is 0. The summed E-state index contributed by atoms with van der Waals surface area (Å²) in [6.07, 6.45) is -14.4. The minimum absolute atomic E-state index is 0.219.